The van der Waals surface area contributed by atoms with Gasteiger partial charge in [-0.1, -0.05) is 0 Å². The molecule has 2 amide bonds. The maximum atomic E-state index is 10.3. The number of nitrogens with two attached hydrogens (primary N) is 1. The summed E-state index contributed by atoms with van der Waals surface area (Å²) in [7, 11) is 1.25. The first kappa shape index (κ1) is 8.74. The number of hydrogen-bond donors (Lipinski definition) is 2. The number of ether oxygens (including phenoxy) is 1. The summed E-state index contributed by atoms with van der Waals surface area (Å²) in [5.74, 6) is -0.448. The SMILES string of the molecule is COC(=O)NCCC(N)=O. The van der Waals surface area contributed by atoms with E-state index in [0.29, 0.717) is 0 Å². The molecular weight excluding hydrogens is 136 g/mol. The fraction of sp³-hybridized carbons (Fsp3) is 0.600. The number of carbonyl (C=O) groups excluding carboxylic acids is 2. The van der Waals surface area contributed by atoms with Crippen molar-refractivity contribution in [3.63, 3.8) is 0 Å². The molecule has 0 aromatic heterocycles. The van der Waals surface area contributed by atoms with Gasteiger partial charge in [-0.3, -0.25) is 4.79 Å². The molecule has 10 heavy (non-hydrogen) atoms. The summed E-state index contributed by atoms with van der Waals surface area (Å²) in [6.45, 7) is 0.224. The fourth-order valence-corrected chi connectivity index (χ4v) is 0.360. The summed E-state index contributed by atoms with van der Waals surface area (Å²) in [6.07, 6.45) is -0.420. The predicted molar refractivity (Wildman–Crippen MR) is 34.2 cm³/mol. The van der Waals surface area contributed by atoms with Crippen LogP contribution in [-0.2, 0) is 9.53 Å². The van der Waals surface area contributed by atoms with Crippen LogP contribution < -0.4 is 11.1 Å². The Labute approximate surface area is 58.5 Å². The lowest BCUT2D eigenvalue weighted by Crippen LogP contribution is -2.27. The normalized spacial score (nSPS) is 8.50. The van der Waals surface area contributed by atoms with Crippen LogP contribution in [0.5, 0.6) is 0 Å². The Balaban J connectivity index is 3.20. The first-order valence-corrected chi connectivity index (χ1v) is 2.77. The van der Waals surface area contributed by atoms with Gasteiger partial charge >= 0.3 is 6.09 Å². The molecule has 0 atom stereocenters. The van der Waals surface area contributed by atoms with Gasteiger partial charge in [0.05, 0.1) is 7.11 Å². The van der Waals surface area contributed by atoms with E-state index in [4.69, 9.17) is 5.73 Å². The molecule has 0 bridgehead atoms. The van der Waals surface area contributed by atoms with E-state index in [2.05, 4.69) is 10.1 Å². The molecule has 0 rings (SSSR count). The van der Waals surface area contributed by atoms with Crippen LogP contribution in [0.1, 0.15) is 6.42 Å². The van der Waals surface area contributed by atoms with Crippen molar-refractivity contribution in [1.82, 2.24) is 5.32 Å². The summed E-state index contributed by atoms with van der Waals surface area (Å²) in [6, 6.07) is 0. The number of primary amides is 1. The third-order valence-corrected chi connectivity index (χ3v) is 0.826. The first-order chi connectivity index (χ1) is 4.66. The average Bonchev–Trinajstić information content (AvgIpc) is 1.87. The van der Waals surface area contributed by atoms with E-state index in [9.17, 15) is 9.59 Å². The lowest BCUT2D eigenvalue weighted by atomic mass is 10.4. The topological polar surface area (TPSA) is 81.4 Å². The molecule has 0 spiro atoms. The molecule has 0 aromatic rings. The van der Waals surface area contributed by atoms with Crippen LogP contribution in [0, 0.1) is 0 Å². The second kappa shape index (κ2) is 4.60. The van der Waals surface area contributed by atoms with Crippen molar-refractivity contribution in [3.05, 3.63) is 0 Å². The molecule has 0 aliphatic rings. The van der Waals surface area contributed by atoms with E-state index in [0.717, 1.165) is 0 Å². The molecular formula is C5H10N2O3. The number of nitrogens with one attached hydrogen (secondary N) is 1. The number of carbonyl (C=O) groups is 2. The van der Waals surface area contributed by atoms with Crippen LogP contribution in [-0.4, -0.2) is 25.7 Å². The molecule has 0 aromatic carbocycles. The highest BCUT2D eigenvalue weighted by molar-refractivity contribution is 5.75. The lowest BCUT2D eigenvalue weighted by molar-refractivity contribution is -0.117. The summed E-state index contributed by atoms with van der Waals surface area (Å²) < 4.78 is 4.23. The number of alkyl carbamates (subject to hydrolysis) is 1. The molecule has 0 aliphatic heterocycles. The zero-order valence-corrected chi connectivity index (χ0v) is 5.72. The maximum Gasteiger partial charge on any atom is 0.406 e. The van der Waals surface area contributed by atoms with Crippen LogP contribution in [0.25, 0.3) is 0 Å². The van der Waals surface area contributed by atoms with Gasteiger partial charge < -0.3 is 15.8 Å². The van der Waals surface area contributed by atoms with Gasteiger partial charge in [-0.2, -0.15) is 0 Å². The van der Waals surface area contributed by atoms with Crippen LogP contribution in [0.3, 0.4) is 0 Å². The molecule has 0 aliphatic carbocycles. The summed E-state index contributed by atoms with van der Waals surface area (Å²) in [4.78, 5) is 20.4. The predicted octanol–water partition coefficient (Wildman–Crippen LogP) is -0.782. The second-order valence-corrected chi connectivity index (χ2v) is 1.63. The zero-order valence-electron chi connectivity index (χ0n) is 5.72. The van der Waals surface area contributed by atoms with E-state index in [1.54, 1.807) is 0 Å². The van der Waals surface area contributed by atoms with E-state index in [-0.39, 0.29) is 13.0 Å². The van der Waals surface area contributed by atoms with Gasteiger partial charge in [-0.25, -0.2) is 4.79 Å². The first-order valence-electron chi connectivity index (χ1n) is 2.77. The molecule has 5 heteroatoms. The molecule has 58 valence electrons. The van der Waals surface area contributed by atoms with Gasteiger partial charge in [0.25, 0.3) is 0 Å². The van der Waals surface area contributed by atoms with Crippen molar-refractivity contribution in [3.8, 4) is 0 Å². The zero-order chi connectivity index (χ0) is 7.98. The quantitative estimate of drug-likeness (QED) is 0.547. The monoisotopic (exact) mass is 146 g/mol. The Morgan fingerprint density at radius 2 is 2.20 bits per heavy atom. The highest BCUT2D eigenvalue weighted by atomic mass is 16.5. The van der Waals surface area contributed by atoms with E-state index >= 15 is 0 Å². The van der Waals surface area contributed by atoms with Crippen molar-refractivity contribution in [2.75, 3.05) is 13.7 Å². The Bertz CT molecular complexity index is 135. The smallest absolute Gasteiger partial charge is 0.406 e. The third kappa shape index (κ3) is 4.89. The van der Waals surface area contributed by atoms with Crippen molar-refractivity contribution < 1.29 is 14.3 Å². The van der Waals surface area contributed by atoms with Crippen LogP contribution in [0.15, 0.2) is 0 Å². The van der Waals surface area contributed by atoms with Gasteiger partial charge in [0, 0.05) is 13.0 Å². The highest BCUT2D eigenvalue weighted by Gasteiger charge is 1.97. The van der Waals surface area contributed by atoms with Crippen LogP contribution >= 0.6 is 0 Å². The van der Waals surface area contributed by atoms with E-state index < -0.39 is 12.0 Å². The number of hydrogen-bond acceptors (Lipinski definition) is 3. The standard InChI is InChI=1S/C5H10N2O3/c1-10-5(9)7-3-2-4(6)8/h2-3H2,1H3,(H2,6,8)(H,7,9). The summed E-state index contributed by atoms with van der Waals surface area (Å²) >= 11 is 0. The van der Waals surface area contributed by atoms with E-state index in [1.165, 1.54) is 7.11 Å². The molecule has 0 unspecified atom stereocenters. The molecule has 0 heterocycles. The third-order valence-electron chi connectivity index (χ3n) is 0.826. The molecule has 5 nitrogen and oxygen atoms in total. The molecule has 0 fully saturated rings. The van der Waals surface area contributed by atoms with Crippen LogP contribution in [0.2, 0.25) is 0 Å². The van der Waals surface area contributed by atoms with Gasteiger partial charge in [-0.05, 0) is 0 Å². The Kier molecular flexibility index (Phi) is 4.02. The number of rotatable bonds is 3. The van der Waals surface area contributed by atoms with Gasteiger partial charge in [0.2, 0.25) is 5.91 Å². The largest absolute Gasteiger partial charge is 0.453 e. The van der Waals surface area contributed by atoms with E-state index in [1.807, 2.05) is 0 Å². The minimum Gasteiger partial charge on any atom is -0.453 e. The Hall–Kier alpha value is -1.26. The average molecular weight is 146 g/mol. The van der Waals surface area contributed by atoms with Gasteiger partial charge in [0.15, 0.2) is 0 Å². The van der Waals surface area contributed by atoms with Crippen molar-refractivity contribution >= 4 is 12.0 Å². The molecule has 0 saturated carbocycles. The lowest BCUT2D eigenvalue weighted by Gasteiger charge is -1.99. The van der Waals surface area contributed by atoms with Crippen molar-refractivity contribution in [2.45, 2.75) is 6.42 Å². The summed E-state index contributed by atoms with van der Waals surface area (Å²) in [5, 5.41) is 2.30. The van der Waals surface area contributed by atoms with Gasteiger partial charge in [-0.15, -0.1) is 0 Å². The highest BCUT2D eigenvalue weighted by Crippen LogP contribution is 1.74. The molecule has 0 saturated heterocycles. The summed E-state index contributed by atoms with van der Waals surface area (Å²) in [5.41, 5.74) is 4.79. The minimum atomic E-state index is -0.554. The Morgan fingerprint density at radius 1 is 1.60 bits per heavy atom. The molecule has 3 N–H and O–H groups in total. The second-order valence-electron chi connectivity index (χ2n) is 1.63. The fourth-order valence-electron chi connectivity index (χ4n) is 0.360. The van der Waals surface area contributed by atoms with Gasteiger partial charge in [0.1, 0.15) is 0 Å². The molecule has 0 radical (unpaired) electrons. The van der Waals surface area contributed by atoms with Crippen molar-refractivity contribution in [2.24, 2.45) is 5.73 Å². The van der Waals surface area contributed by atoms with Crippen LogP contribution in [0.4, 0.5) is 4.79 Å². The number of amides is 2. The number of methoxy groups -OCH3 is 1. The van der Waals surface area contributed by atoms with Crippen molar-refractivity contribution in [1.29, 1.82) is 0 Å². The Morgan fingerprint density at radius 3 is 2.60 bits per heavy atom. The minimum absolute atomic E-state index is 0.134. The maximum absolute atomic E-state index is 10.3.